The third-order valence-corrected chi connectivity index (χ3v) is 5.76. The zero-order valence-electron chi connectivity index (χ0n) is 20.1. The van der Waals surface area contributed by atoms with Gasteiger partial charge in [0.25, 0.3) is 5.91 Å². The van der Waals surface area contributed by atoms with Crippen molar-refractivity contribution in [3.05, 3.63) is 70.3 Å². The molecule has 1 aromatic heterocycles. The minimum absolute atomic E-state index is 0.0285. The van der Waals surface area contributed by atoms with E-state index in [9.17, 15) is 22.8 Å². The van der Waals surface area contributed by atoms with Gasteiger partial charge < -0.3 is 11.5 Å². The van der Waals surface area contributed by atoms with Gasteiger partial charge in [0, 0.05) is 24.4 Å². The maximum atomic E-state index is 13.3. The summed E-state index contributed by atoms with van der Waals surface area (Å²) >= 11 is 0. The average molecular weight is 487 g/mol. The van der Waals surface area contributed by atoms with Crippen LogP contribution in [-0.4, -0.2) is 21.5 Å². The standard InChI is InChI=1S/C26H29F3N4O2/c1-14(2)20-13-17(7-10-21(20)26(27,28)29)12-19(34)11-16-5-8-18(9-6-16)23-22(25(31)35)24(30)33(32-23)15(3)4/h5-10,13-15H,11-12,30H2,1-4H3,(H2,31,35). The number of primary amides is 1. The van der Waals surface area contributed by atoms with Crippen molar-refractivity contribution in [2.75, 3.05) is 5.73 Å². The average Bonchev–Trinajstić information content (AvgIpc) is 3.11. The Balaban J connectivity index is 1.78. The molecule has 0 aliphatic heterocycles. The molecule has 6 nitrogen and oxygen atoms in total. The lowest BCUT2D eigenvalue weighted by Gasteiger charge is -2.17. The van der Waals surface area contributed by atoms with Crippen LogP contribution in [0.4, 0.5) is 19.0 Å². The molecule has 0 aliphatic rings. The first kappa shape index (κ1) is 26.0. The van der Waals surface area contributed by atoms with Gasteiger partial charge in [0.2, 0.25) is 0 Å². The lowest BCUT2D eigenvalue weighted by molar-refractivity contribution is -0.138. The zero-order valence-corrected chi connectivity index (χ0v) is 20.1. The molecule has 0 fully saturated rings. The number of nitrogen functional groups attached to an aromatic ring is 1. The number of anilines is 1. The largest absolute Gasteiger partial charge is 0.416 e. The van der Waals surface area contributed by atoms with Crippen LogP contribution in [0.5, 0.6) is 0 Å². The molecule has 3 aromatic rings. The molecule has 0 aliphatic carbocycles. The van der Waals surface area contributed by atoms with E-state index in [0.717, 1.165) is 11.6 Å². The third kappa shape index (κ3) is 5.72. The fraction of sp³-hybridized carbons (Fsp3) is 0.346. The Hall–Kier alpha value is -3.62. The van der Waals surface area contributed by atoms with Crippen LogP contribution in [0.2, 0.25) is 0 Å². The molecule has 1 amide bonds. The van der Waals surface area contributed by atoms with Crippen molar-refractivity contribution in [3.63, 3.8) is 0 Å². The Kier molecular flexibility index (Phi) is 7.38. The molecule has 2 aromatic carbocycles. The van der Waals surface area contributed by atoms with Gasteiger partial charge in [0.05, 0.1) is 5.56 Å². The number of hydrogen-bond donors (Lipinski definition) is 2. The van der Waals surface area contributed by atoms with E-state index in [1.165, 1.54) is 16.8 Å². The van der Waals surface area contributed by atoms with E-state index in [1.54, 1.807) is 38.1 Å². The van der Waals surface area contributed by atoms with Gasteiger partial charge in [-0.2, -0.15) is 18.3 Å². The molecule has 186 valence electrons. The van der Waals surface area contributed by atoms with E-state index in [0.29, 0.717) is 16.8 Å². The Labute approximate surface area is 202 Å². The number of aromatic nitrogens is 2. The molecule has 4 N–H and O–H groups in total. The smallest absolute Gasteiger partial charge is 0.383 e. The summed E-state index contributed by atoms with van der Waals surface area (Å²) in [5, 5.41) is 4.44. The van der Waals surface area contributed by atoms with E-state index in [4.69, 9.17) is 11.5 Å². The molecule has 0 bridgehead atoms. The van der Waals surface area contributed by atoms with Crippen LogP contribution in [0.15, 0.2) is 42.5 Å². The molecule has 1 heterocycles. The fourth-order valence-corrected chi connectivity index (χ4v) is 4.04. The molecular weight excluding hydrogens is 457 g/mol. The Morgan fingerprint density at radius 2 is 1.54 bits per heavy atom. The summed E-state index contributed by atoms with van der Waals surface area (Å²) in [6, 6.07) is 10.8. The van der Waals surface area contributed by atoms with Gasteiger partial charge in [-0.3, -0.25) is 9.59 Å². The van der Waals surface area contributed by atoms with Crippen LogP contribution in [-0.2, 0) is 23.8 Å². The lowest BCUT2D eigenvalue weighted by Crippen LogP contribution is -2.15. The van der Waals surface area contributed by atoms with Gasteiger partial charge in [0.1, 0.15) is 22.9 Å². The maximum Gasteiger partial charge on any atom is 0.416 e. The van der Waals surface area contributed by atoms with Crippen molar-refractivity contribution in [2.45, 2.75) is 58.7 Å². The molecule has 0 saturated carbocycles. The predicted octanol–water partition coefficient (Wildman–Crippen LogP) is 5.31. The molecular formula is C26H29F3N4O2. The molecule has 0 atom stereocenters. The topological polar surface area (TPSA) is 104 Å². The molecule has 35 heavy (non-hydrogen) atoms. The second kappa shape index (κ2) is 9.93. The van der Waals surface area contributed by atoms with Gasteiger partial charge in [-0.25, -0.2) is 4.68 Å². The molecule has 3 rings (SSSR count). The molecule has 0 unspecified atom stereocenters. The fourth-order valence-electron chi connectivity index (χ4n) is 4.04. The van der Waals surface area contributed by atoms with Crippen LogP contribution >= 0.6 is 0 Å². The van der Waals surface area contributed by atoms with Crippen molar-refractivity contribution in [1.29, 1.82) is 0 Å². The number of nitrogens with zero attached hydrogens (tertiary/aromatic N) is 2. The number of carbonyl (C=O) groups is 2. The molecule has 0 radical (unpaired) electrons. The van der Waals surface area contributed by atoms with Gasteiger partial charge in [-0.15, -0.1) is 0 Å². The maximum absolute atomic E-state index is 13.3. The predicted molar refractivity (Wildman–Crippen MR) is 129 cm³/mol. The highest BCUT2D eigenvalue weighted by Gasteiger charge is 2.34. The summed E-state index contributed by atoms with van der Waals surface area (Å²) in [4.78, 5) is 24.6. The summed E-state index contributed by atoms with van der Waals surface area (Å²) < 4.78 is 41.3. The number of carbonyl (C=O) groups excluding carboxylic acids is 2. The van der Waals surface area contributed by atoms with Crippen molar-refractivity contribution < 1.29 is 22.8 Å². The molecule has 0 spiro atoms. The lowest BCUT2D eigenvalue weighted by atomic mass is 9.92. The Morgan fingerprint density at radius 1 is 0.971 bits per heavy atom. The summed E-state index contributed by atoms with van der Waals surface area (Å²) in [6.45, 7) is 7.15. The minimum Gasteiger partial charge on any atom is -0.383 e. The quantitative estimate of drug-likeness (QED) is 0.450. The number of Topliss-reactive ketones (excluding diaryl/α,β-unsaturated/α-hetero) is 1. The van der Waals surface area contributed by atoms with Crippen LogP contribution in [0.1, 0.15) is 72.3 Å². The van der Waals surface area contributed by atoms with Crippen molar-refractivity contribution in [3.8, 4) is 11.3 Å². The number of hydrogen-bond acceptors (Lipinski definition) is 4. The van der Waals surface area contributed by atoms with Gasteiger partial charge in [0.15, 0.2) is 0 Å². The van der Waals surface area contributed by atoms with E-state index in [1.807, 2.05) is 13.8 Å². The van der Waals surface area contributed by atoms with Crippen molar-refractivity contribution in [1.82, 2.24) is 9.78 Å². The molecule has 0 saturated heterocycles. The summed E-state index contributed by atoms with van der Waals surface area (Å²) in [5.74, 6) is -0.939. The number of nitrogens with two attached hydrogens (primary N) is 2. The number of amides is 1. The summed E-state index contributed by atoms with van der Waals surface area (Å²) in [7, 11) is 0. The summed E-state index contributed by atoms with van der Waals surface area (Å²) in [5.41, 5.74) is 13.5. The number of halogens is 3. The van der Waals surface area contributed by atoms with Gasteiger partial charge >= 0.3 is 6.18 Å². The number of alkyl halides is 3. The monoisotopic (exact) mass is 486 g/mol. The zero-order chi connectivity index (χ0) is 26.1. The second-order valence-electron chi connectivity index (χ2n) is 9.17. The van der Waals surface area contributed by atoms with Crippen LogP contribution in [0, 0.1) is 0 Å². The Morgan fingerprint density at radius 3 is 2.06 bits per heavy atom. The molecule has 9 heteroatoms. The van der Waals surface area contributed by atoms with E-state index >= 15 is 0 Å². The highest BCUT2D eigenvalue weighted by Crippen LogP contribution is 2.36. The van der Waals surface area contributed by atoms with Crippen LogP contribution in [0.25, 0.3) is 11.3 Å². The summed E-state index contributed by atoms with van der Waals surface area (Å²) in [6.07, 6.45) is -4.29. The SMILES string of the molecule is CC(C)c1cc(CC(=O)Cc2ccc(-c3nn(C(C)C)c(N)c3C(N)=O)cc2)ccc1C(F)(F)F. The second-order valence-corrected chi connectivity index (χ2v) is 9.17. The minimum atomic E-state index is -4.44. The van der Waals surface area contributed by atoms with Crippen LogP contribution < -0.4 is 11.5 Å². The van der Waals surface area contributed by atoms with E-state index in [-0.39, 0.29) is 47.5 Å². The van der Waals surface area contributed by atoms with Crippen LogP contribution in [0.3, 0.4) is 0 Å². The van der Waals surface area contributed by atoms with Gasteiger partial charge in [-0.1, -0.05) is 50.2 Å². The first-order chi connectivity index (χ1) is 16.3. The third-order valence-electron chi connectivity index (χ3n) is 5.76. The van der Waals surface area contributed by atoms with E-state index in [2.05, 4.69) is 5.10 Å². The first-order valence-electron chi connectivity index (χ1n) is 11.3. The number of benzene rings is 2. The van der Waals surface area contributed by atoms with Crippen molar-refractivity contribution in [2.24, 2.45) is 5.73 Å². The number of rotatable bonds is 8. The Bertz CT molecular complexity index is 1240. The highest BCUT2D eigenvalue weighted by atomic mass is 19.4. The van der Waals surface area contributed by atoms with E-state index < -0.39 is 17.6 Å². The highest BCUT2D eigenvalue weighted by molar-refractivity contribution is 6.03. The first-order valence-corrected chi connectivity index (χ1v) is 11.3. The van der Waals surface area contributed by atoms with Crippen molar-refractivity contribution >= 4 is 17.5 Å². The normalized spacial score (nSPS) is 11.9. The number of ketones is 1. The van der Waals surface area contributed by atoms with Gasteiger partial charge in [-0.05, 0) is 42.5 Å².